The Morgan fingerprint density at radius 3 is 2.68 bits per heavy atom. The van der Waals surface area contributed by atoms with Gasteiger partial charge in [0.1, 0.15) is 18.0 Å². The molecule has 0 aliphatic heterocycles. The number of hydrogen-bond acceptors (Lipinski definition) is 3. The van der Waals surface area contributed by atoms with Gasteiger partial charge in [0.15, 0.2) is 0 Å². The second kappa shape index (κ2) is 6.40. The van der Waals surface area contributed by atoms with Crippen LogP contribution in [0.1, 0.15) is 45.1 Å². The summed E-state index contributed by atoms with van der Waals surface area (Å²) in [7, 11) is 0. The highest BCUT2D eigenvalue weighted by atomic mass is 16.6. The van der Waals surface area contributed by atoms with E-state index < -0.39 is 0 Å². The molecular weight excluding hydrogens is 240 g/mol. The summed E-state index contributed by atoms with van der Waals surface area (Å²) in [5, 5.41) is 9.76. The normalized spacial score (nSPS) is 26.3. The number of benzene rings is 1. The molecule has 1 fully saturated rings. The Morgan fingerprint density at radius 2 is 2.05 bits per heavy atom. The van der Waals surface area contributed by atoms with Gasteiger partial charge in [-0.2, -0.15) is 0 Å². The van der Waals surface area contributed by atoms with Crippen molar-refractivity contribution in [3.63, 3.8) is 0 Å². The molecule has 106 valence electrons. The topological polar surface area (TPSA) is 38.7 Å². The minimum Gasteiger partial charge on any atom is -0.487 e. The smallest absolute Gasteiger partial charge is 0.130 e. The first-order valence-electron chi connectivity index (χ1n) is 7.18. The predicted octanol–water partition coefficient (Wildman–Crippen LogP) is 3.12. The Bertz CT molecular complexity index is 403. The molecule has 0 spiro atoms. The van der Waals surface area contributed by atoms with Gasteiger partial charge in [-0.15, -0.1) is 0 Å². The fourth-order valence-electron chi connectivity index (χ4n) is 2.37. The third-order valence-electron chi connectivity index (χ3n) is 3.55. The number of aliphatic hydroxyl groups is 1. The van der Waals surface area contributed by atoms with Crippen molar-refractivity contribution >= 4 is 0 Å². The molecule has 1 aliphatic rings. The predicted molar refractivity (Wildman–Crippen MR) is 75.6 cm³/mol. The molecule has 3 heteroatoms. The highest BCUT2D eigenvalue weighted by Crippen LogP contribution is 2.33. The van der Waals surface area contributed by atoms with E-state index >= 15 is 0 Å². The average Bonchev–Trinajstić information content (AvgIpc) is 2.39. The molecule has 0 saturated heterocycles. The van der Waals surface area contributed by atoms with E-state index in [4.69, 9.17) is 9.47 Å². The third-order valence-corrected chi connectivity index (χ3v) is 3.55. The van der Waals surface area contributed by atoms with Gasteiger partial charge in [-0.05, 0) is 24.0 Å². The maximum Gasteiger partial charge on any atom is 0.130 e. The van der Waals surface area contributed by atoms with E-state index in [2.05, 4.69) is 26.8 Å². The molecule has 1 aliphatic carbocycles. The Balaban J connectivity index is 2.01. The second-order valence-electron chi connectivity index (χ2n) is 5.49. The Kier molecular flexibility index (Phi) is 4.83. The molecule has 1 saturated carbocycles. The first kappa shape index (κ1) is 14.4. The fraction of sp³-hybridized carbons (Fsp3) is 0.625. The van der Waals surface area contributed by atoms with Crippen LogP contribution < -0.4 is 4.74 Å². The zero-order valence-electron chi connectivity index (χ0n) is 12.0. The molecule has 0 aromatic heterocycles. The lowest BCUT2D eigenvalue weighted by Crippen LogP contribution is -2.55. The van der Waals surface area contributed by atoms with E-state index in [0.29, 0.717) is 18.9 Å². The van der Waals surface area contributed by atoms with Crippen molar-refractivity contribution in [2.24, 2.45) is 0 Å². The van der Waals surface area contributed by atoms with E-state index in [0.717, 1.165) is 12.2 Å². The van der Waals surface area contributed by atoms with E-state index in [1.54, 1.807) is 0 Å². The SMILES string of the molecule is CCCOC1C(O)CC1Oc1ccccc1C(C)C. The van der Waals surface area contributed by atoms with E-state index in [1.807, 2.05) is 18.2 Å². The number of hydrogen-bond donors (Lipinski definition) is 1. The molecule has 1 aromatic rings. The van der Waals surface area contributed by atoms with Crippen LogP contribution >= 0.6 is 0 Å². The maximum absolute atomic E-state index is 9.76. The van der Waals surface area contributed by atoms with Crippen LogP contribution in [0.5, 0.6) is 5.75 Å². The summed E-state index contributed by atoms with van der Waals surface area (Å²) in [5.41, 5.74) is 1.21. The first-order valence-corrected chi connectivity index (χ1v) is 7.18. The van der Waals surface area contributed by atoms with Gasteiger partial charge in [0.25, 0.3) is 0 Å². The van der Waals surface area contributed by atoms with Crippen molar-refractivity contribution < 1.29 is 14.6 Å². The number of ether oxygens (including phenoxy) is 2. The molecule has 1 aromatic carbocycles. The molecule has 0 radical (unpaired) electrons. The molecule has 2 rings (SSSR count). The van der Waals surface area contributed by atoms with Crippen LogP contribution in [-0.2, 0) is 4.74 Å². The van der Waals surface area contributed by atoms with E-state index in [-0.39, 0.29) is 18.3 Å². The fourth-order valence-corrected chi connectivity index (χ4v) is 2.37. The van der Waals surface area contributed by atoms with Gasteiger partial charge in [-0.3, -0.25) is 0 Å². The van der Waals surface area contributed by atoms with Gasteiger partial charge in [-0.1, -0.05) is 39.0 Å². The number of para-hydroxylation sites is 1. The Labute approximate surface area is 115 Å². The zero-order valence-corrected chi connectivity index (χ0v) is 12.0. The van der Waals surface area contributed by atoms with Crippen LogP contribution in [0.25, 0.3) is 0 Å². The van der Waals surface area contributed by atoms with Crippen molar-refractivity contribution in [2.45, 2.75) is 57.8 Å². The standard InChI is InChI=1S/C16H24O3/c1-4-9-18-16-13(17)10-15(16)19-14-8-6-5-7-12(14)11(2)3/h5-8,11,13,15-17H,4,9-10H2,1-3H3. The lowest BCUT2D eigenvalue weighted by molar-refractivity contribution is -0.162. The van der Waals surface area contributed by atoms with Crippen molar-refractivity contribution in [1.29, 1.82) is 0 Å². The first-order chi connectivity index (χ1) is 9.13. The summed E-state index contributed by atoms with van der Waals surface area (Å²) in [5.74, 6) is 1.34. The van der Waals surface area contributed by atoms with Crippen LogP contribution in [0.15, 0.2) is 24.3 Å². The number of rotatable bonds is 6. The molecule has 0 bridgehead atoms. The summed E-state index contributed by atoms with van der Waals surface area (Å²) >= 11 is 0. The maximum atomic E-state index is 9.76. The molecule has 3 nitrogen and oxygen atoms in total. The highest BCUT2D eigenvalue weighted by Gasteiger charge is 2.43. The van der Waals surface area contributed by atoms with Gasteiger partial charge in [0.2, 0.25) is 0 Å². The Hall–Kier alpha value is -1.06. The molecule has 0 amide bonds. The molecule has 3 atom stereocenters. The zero-order chi connectivity index (χ0) is 13.8. The van der Waals surface area contributed by atoms with Gasteiger partial charge < -0.3 is 14.6 Å². The average molecular weight is 264 g/mol. The van der Waals surface area contributed by atoms with Gasteiger partial charge in [0, 0.05) is 13.0 Å². The number of aliphatic hydroxyl groups excluding tert-OH is 1. The molecular formula is C16H24O3. The molecule has 3 unspecified atom stereocenters. The summed E-state index contributed by atoms with van der Waals surface area (Å²) in [6.07, 6.45) is 1.02. The molecule has 0 heterocycles. The van der Waals surface area contributed by atoms with E-state index in [1.165, 1.54) is 5.56 Å². The van der Waals surface area contributed by atoms with Crippen LogP contribution in [0.4, 0.5) is 0 Å². The van der Waals surface area contributed by atoms with E-state index in [9.17, 15) is 5.11 Å². The van der Waals surface area contributed by atoms with Crippen LogP contribution in [0, 0.1) is 0 Å². The van der Waals surface area contributed by atoms with Crippen LogP contribution in [0.3, 0.4) is 0 Å². The quantitative estimate of drug-likeness (QED) is 0.858. The largest absolute Gasteiger partial charge is 0.487 e. The highest BCUT2D eigenvalue weighted by molar-refractivity contribution is 5.36. The second-order valence-corrected chi connectivity index (χ2v) is 5.49. The van der Waals surface area contributed by atoms with Crippen LogP contribution in [0.2, 0.25) is 0 Å². The van der Waals surface area contributed by atoms with Gasteiger partial charge >= 0.3 is 0 Å². The van der Waals surface area contributed by atoms with Crippen molar-refractivity contribution in [2.75, 3.05) is 6.61 Å². The Morgan fingerprint density at radius 1 is 1.32 bits per heavy atom. The molecule has 1 N–H and O–H groups in total. The van der Waals surface area contributed by atoms with Gasteiger partial charge in [0.05, 0.1) is 6.10 Å². The lowest BCUT2D eigenvalue weighted by atomic mass is 9.87. The van der Waals surface area contributed by atoms with Crippen molar-refractivity contribution in [3.05, 3.63) is 29.8 Å². The minimum absolute atomic E-state index is 0.0264. The molecule has 19 heavy (non-hydrogen) atoms. The third kappa shape index (κ3) is 3.28. The van der Waals surface area contributed by atoms with Crippen LogP contribution in [-0.4, -0.2) is 30.0 Å². The summed E-state index contributed by atoms with van der Waals surface area (Å²) < 4.78 is 11.7. The van der Waals surface area contributed by atoms with Crippen molar-refractivity contribution in [1.82, 2.24) is 0 Å². The van der Waals surface area contributed by atoms with Crippen molar-refractivity contribution in [3.8, 4) is 5.75 Å². The summed E-state index contributed by atoms with van der Waals surface area (Å²) in [6.45, 7) is 7.05. The minimum atomic E-state index is -0.386. The van der Waals surface area contributed by atoms with Gasteiger partial charge in [-0.25, -0.2) is 0 Å². The lowest BCUT2D eigenvalue weighted by Gasteiger charge is -2.41. The summed E-state index contributed by atoms with van der Waals surface area (Å²) in [6, 6.07) is 8.11. The summed E-state index contributed by atoms with van der Waals surface area (Å²) in [4.78, 5) is 0. The monoisotopic (exact) mass is 264 g/mol.